The molecule has 0 aromatic carbocycles. The summed E-state index contributed by atoms with van der Waals surface area (Å²) in [5.41, 5.74) is 1.15. The molecule has 0 amide bonds. The minimum atomic E-state index is -0.692. The molecule has 0 radical (unpaired) electrons. The number of pyridine rings is 1. The molecule has 2 atom stereocenters. The molecule has 1 N–H and O–H groups in total. The van der Waals surface area contributed by atoms with Crippen LogP contribution in [0.5, 0.6) is 5.75 Å². The van der Waals surface area contributed by atoms with Gasteiger partial charge in [-0.1, -0.05) is 13.8 Å². The van der Waals surface area contributed by atoms with E-state index in [1.807, 2.05) is 20.8 Å². The highest BCUT2D eigenvalue weighted by Gasteiger charge is 2.39. The molecular formula is C14H17N3O2. The van der Waals surface area contributed by atoms with Gasteiger partial charge in [0.1, 0.15) is 11.7 Å². The van der Waals surface area contributed by atoms with Crippen LogP contribution in [0.2, 0.25) is 0 Å². The number of fused-ring (bicyclic) bond motifs is 1. The summed E-state index contributed by atoms with van der Waals surface area (Å²) in [5, 5.41) is 17.1. The first-order chi connectivity index (χ1) is 8.88. The van der Waals surface area contributed by atoms with Gasteiger partial charge in [-0.15, -0.1) is 0 Å². The summed E-state index contributed by atoms with van der Waals surface area (Å²) >= 11 is 0. The minimum absolute atomic E-state index is 0.0682. The second kappa shape index (κ2) is 4.54. The highest BCUT2D eigenvalue weighted by molar-refractivity contribution is 5.84. The summed E-state index contributed by atoms with van der Waals surface area (Å²) in [5.74, 6) is -0.538. The largest absolute Gasteiger partial charge is 0.442 e. The van der Waals surface area contributed by atoms with E-state index in [-0.39, 0.29) is 23.3 Å². The van der Waals surface area contributed by atoms with Gasteiger partial charge >= 0.3 is 0 Å². The number of rotatable bonds is 1. The normalized spacial score (nSPS) is 21.8. The van der Waals surface area contributed by atoms with Crippen molar-refractivity contribution in [2.45, 2.75) is 26.7 Å². The predicted molar refractivity (Wildman–Crippen MR) is 71.5 cm³/mol. The van der Waals surface area contributed by atoms with E-state index in [2.05, 4.69) is 6.07 Å². The van der Waals surface area contributed by atoms with E-state index >= 15 is 0 Å². The molecule has 5 heteroatoms. The van der Waals surface area contributed by atoms with Gasteiger partial charge in [-0.05, 0) is 12.8 Å². The number of ether oxygens (including phenoxy) is 1. The zero-order valence-corrected chi connectivity index (χ0v) is 11.5. The van der Waals surface area contributed by atoms with E-state index in [0.29, 0.717) is 11.3 Å². The average Bonchev–Trinajstić information content (AvgIpc) is 2.34. The summed E-state index contributed by atoms with van der Waals surface area (Å²) in [6, 6.07) is 3.85. The maximum absolute atomic E-state index is 12.4. The Bertz CT molecular complexity index is 637. The summed E-state index contributed by atoms with van der Waals surface area (Å²) < 4.78 is 6.94. The highest BCUT2D eigenvalue weighted by atomic mass is 16.5. The second-order valence-corrected chi connectivity index (χ2v) is 5.27. The molecule has 0 fully saturated rings. The predicted octanol–water partition coefficient (Wildman–Crippen LogP) is 1.94. The van der Waals surface area contributed by atoms with Gasteiger partial charge in [0, 0.05) is 24.7 Å². The van der Waals surface area contributed by atoms with Crippen LogP contribution in [-0.4, -0.2) is 10.5 Å². The van der Waals surface area contributed by atoms with Crippen molar-refractivity contribution in [2.24, 2.45) is 18.9 Å². The Labute approximate surface area is 111 Å². The van der Waals surface area contributed by atoms with Gasteiger partial charge in [0.05, 0.1) is 11.6 Å². The topological polar surface area (TPSA) is 78.9 Å². The van der Waals surface area contributed by atoms with E-state index < -0.39 is 5.92 Å². The van der Waals surface area contributed by atoms with Crippen molar-refractivity contribution in [2.75, 3.05) is 0 Å². The number of aryl methyl sites for hydroxylation is 1. The van der Waals surface area contributed by atoms with E-state index in [1.165, 1.54) is 0 Å². The molecule has 0 saturated carbocycles. The fourth-order valence-corrected chi connectivity index (χ4v) is 2.57. The lowest BCUT2D eigenvalue weighted by molar-refractivity contribution is 0.365. The van der Waals surface area contributed by atoms with Crippen LogP contribution in [0, 0.1) is 35.5 Å². The van der Waals surface area contributed by atoms with Gasteiger partial charge in [0.15, 0.2) is 0 Å². The number of hydrogen-bond donors (Lipinski definition) is 1. The van der Waals surface area contributed by atoms with Crippen LogP contribution < -0.4 is 10.3 Å². The first-order valence-electron chi connectivity index (χ1n) is 6.25. The molecule has 1 aromatic rings. The molecule has 100 valence electrons. The van der Waals surface area contributed by atoms with Crippen molar-refractivity contribution in [3.63, 3.8) is 0 Å². The van der Waals surface area contributed by atoms with Gasteiger partial charge in [-0.25, -0.2) is 0 Å². The van der Waals surface area contributed by atoms with Crippen LogP contribution in [0.25, 0.3) is 0 Å². The van der Waals surface area contributed by atoms with Crippen molar-refractivity contribution in [3.8, 4) is 11.8 Å². The maximum Gasteiger partial charge on any atom is 0.257 e. The SMILES string of the molecule is Cc1cc2c(c(=O)n1C)C(C(C)C)C(C#N)C(=N)O2. The van der Waals surface area contributed by atoms with E-state index in [4.69, 9.17) is 10.1 Å². The van der Waals surface area contributed by atoms with Crippen molar-refractivity contribution in [1.82, 2.24) is 4.57 Å². The first-order valence-corrected chi connectivity index (χ1v) is 6.25. The monoisotopic (exact) mass is 259 g/mol. The number of nitriles is 1. The summed E-state index contributed by atoms with van der Waals surface area (Å²) in [6.45, 7) is 5.72. The van der Waals surface area contributed by atoms with Crippen LogP contribution in [0.4, 0.5) is 0 Å². The quantitative estimate of drug-likeness (QED) is 0.837. The maximum atomic E-state index is 12.4. The Morgan fingerprint density at radius 3 is 2.68 bits per heavy atom. The summed E-state index contributed by atoms with van der Waals surface area (Å²) in [7, 11) is 1.71. The van der Waals surface area contributed by atoms with Gasteiger partial charge in [-0.3, -0.25) is 10.2 Å². The zero-order chi connectivity index (χ0) is 14.3. The van der Waals surface area contributed by atoms with E-state index in [0.717, 1.165) is 5.69 Å². The zero-order valence-electron chi connectivity index (χ0n) is 11.5. The molecule has 0 bridgehead atoms. The first kappa shape index (κ1) is 13.3. The van der Waals surface area contributed by atoms with Crippen molar-refractivity contribution < 1.29 is 4.74 Å². The van der Waals surface area contributed by atoms with E-state index in [1.54, 1.807) is 17.7 Å². The standard InChI is InChI=1S/C14H17N3O2/c1-7(2)11-9(6-15)13(16)19-10-5-8(3)17(4)14(18)12(10)11/h5,7,9,11,16H,1-4H3. The van der Waals surface area contributed by atoms with Crippen LogP contribution >= 0.6 is 0 Å². The molecule has 0 saturated heterocycles. The Morgan fingerprint density at radius 2 is 2.16 bits per heavy atom. The third kappa shape index (κ3) is 1.93. The number of nitrogens with zero attached hydrogens (tertiary/aromatic N) is 2. The molecular weight excluding hydrogens is 242 g/mol. The third-order valence-corrected chi connectivity index (χ3v) is 3.72. The lowest BCUT2D eigenvalue weighted by atomic mass is 9.77. The van der Waals surface area contributed by atoms with Gasteiger partial charge in [-0.2, -0.15) is 5.26 Å². The van der Waals surface area contributed by atoms with Gasteiger partial charge in [0.2, 0.25) is 5.90 Å². The Balaban J connectivity index is 2.76. The molecule has 1 aliphatic heterocycles. The minimum Gasteiger partial charge on any atom is -0.442 e. The smallest absolute Gasteiger partial charge is 0.257 e. The molecule has 1 aromatic heterocycles. The summed E-state index contributed by atoms with van der Waals surface area (Å²) in [4.78, 5) is 12.4. The fraction of sp³-hybridized carbons (Fsp3) is 0.500. The van der Waals surface area contributed by atoms with Crippen molar-refractivity contribution in [3.05, 3.63) is 27.7 Å². The Morgan fingerprint density at radius 1 is 1.53 bits per heavy atom. The Hall–Kier alpha value is -2.09. The highest BCUT2D eigenvalue weighted by Crippen LogP contribution is 2.40. The van der Waals surface area contributed by atoms with Gasteiger partial charge < -0.3 is 9.30 Å². The van der Waals surface area contributed by atoms with Crippen molar-refractivity contribution >= 4 is 5.90 Å². The molecule has 5 nitrogen and oxygen atoms in total. The van der Waals surface area contributed by atoms with Crippen LogP contribution in [0.3, 0.4) is 0 Å². The summed E-state index contributed by atoms with van der Waals surface area (Å²) in [6.07, 6.45) is 0. The van der Waals surface area contributed by atoms with Crippen molar-refractivity contribution in [1.29, 1.82) is 10.7 Å². The third-order valence-electron chi connectivity index (χ3n) is 3.72. The van der Waals surface area contributed by atoms with Crippen LogP contribution in [0.15, 0.2) is 10.9 Å². The average molecular weight is 259 g/mol. The lowest BCUT2D eigenvalue weighted by Crippen LogP contribution is -2.38. The fourth-order valence-electron chi connectivity index (χ4n) is 2.57. The molecule has 0 aliphatic carbocycles. The molecule has 1 aliphatic rings. The van der Waals surface area contributed by atoms with E-state index in [9.17, 15) is 10.1 Å². The molecule has 2 rings (SSSR count). The number of hydrogen-bond acceptors (Lipinski definition) is 4. The number of aromatic nitrogens is 1. The Kier molecular flexibility index (Phi) is 3.19. The number of nitrogens with one attached hydrogen (secondary N) is 1. The molecule has 0 spiro atoms. The molecule has 2 heterocycles. The molecule has 19 heavy (non-hydrogen) atoms. The molecule has 2 unspecified atom stereocenters. The van der Waals surface area contributed by atoms with Crippen LogP contribution in [-0.2, 0) is 7.05 Å². The van der Waals surface area contributed by atoms with Gasteiger partial charge in [0.25, 0.3) is 5.56 Å². The second-order valence-electron chi connectivity index (χ2n) is 5.27. The van der Waals surface area contributed by atoms with Crippen LogP contribution in [0.1, 0.15) is 31.0 Å². The lowest BCUT2D eigenvalue weighted by Gasteiger charge is -2.32.